The lowest BCUT2D eigenvalue weighted by molar-refractivity contribution is 1.27. The first-order chi connectivity index (χ1) is 11.2. The van der Waals surface area contributed by atoms with Gasteiger partial charge in [0.1, 0.15) is 11.9 Å². The highest BCUT2D eigenvalue weighted by atomic mass is 15.0. The Balaban J connectivity index is 1.98. The predicted octanol–water partition coefficient (Wildman–Crippen LogP) is 4.98. The van der Waals surface area contributed by atoms with Gasteiger partial charge < -0.3 is 5.32 Å². The molecule has 3 heteroatoms. The number of nitrogens with zero attached hydrogens (tertiary/aromatic N) is 2. The van der Waals surface area contributed by atoms with Gasteiger partial charge in [-0.1, -0.05) is 42.5 Å². The SMILES string of the molecule is Cc1ccc(C)c(Nc2ncc(-c3ccccc3)cc2C#N)c1. The zero-order chi connectivity index (χ0) is 16.2. The van der Waals surface area contributed by atoms with E-state index >= 15 is 0 Å². The lowest BCUT2D eigenvalue weighted by Crippen LogP contribution is -1.99. The van der Waals surface area contributed by atoms with Gasteiger partial charge in [0.15, 0.2) is 0 Å². The molecule has 0 amide bonds. The molecule has 0 atom stereocenters. The van der Waals surface area contributed by atoms with Crippen LogP contribution in [0.2, 0.25) is 0 Å². The standard InChI is InChI=1S/C20H17N3/c1-14-8-9-15(2)19(10-14)23-20-17(12-21)11-18(13-22-20)16-6-4-3-5-7-16/h3-11,13H,1-2H3,(H,22,23). The summed E-state index contributed by atoms with van der Waals surface area (Å²) in [6, 6.07) is 20.2. The predicted molar refractivity (Wildman–Crippen MR) is 93.6 cm³/mol. The number of nitrogens with one attached hydrogen (secondary N) is 1. The van der Waals surface area contributed by atoms with Crippen LogP contribution in [0.3, 0.4) is 0 Å². The molecule has 0 saturated heterocycles. The van der Waals surface area contributed by atoms with Crippen molar-refractivity contribution in [1.82, 2.24) is 4.98 Å². The van der Waals surface area contributed by atoms with Crippen molar-refractivity contribution >= 4 is 11.5 Å². The van der Waals surface area contributed by atoms with Crippen LogP contribution in [-0.2, 0) is 0 Å². The van der Waals surface area contributed by atoms with E-state index in [1.165, 1.54) is 0 Å². The molecule has 3 rings (SSSR count). The third-order valence-electron chi connectivity index (χ3n) is 3.76. The Morgan fingerprint density at radius 1 is 0.957 bits per heavy atom. The Hall–Kier alpha value is -3.12. The number of aromatic nitrogens is 1. The molecule has 2 aromatic carbocycles. The van der Waals surface area contributed by atoms with Crippen molar-refractivity contribution in [3.05, 3.63) is 77.5 Å². The largest absolute Gasteiger partial charge is 0.339 e. The minimum absolute atomic E-state index is 0.534. The Kier molecular flexibility index (Phi) is 4.07. The molecule has 3 aromatic rings. The average molecular weight is 299 g/mol. The van der Waals surface area contributed by atoms with Crippen LogP contribution in [0.1, 0.15) is 16.7 Å². The van der Waals surface area contributed by atoms with E-state index in [2.05, 4.69) is 34.6 Å². The average Bonchev–Trinajstić information content (AvgIpc) is 2.59. The van der Waals surface area contributed by atoms with E-state index < -0.39 is 0 Å². The molecular weight excluding hydrogens is 282 g/mol. The maximum Gasteiger partial charge on any atom is 0.148 e. The highest BCUT2D eigenvalue weighted by molar-refractivity contribution is 5.71. The smallest absolute Gasteiger partial charge is 0.148 e. The van der Waals surface area contributed by atoms with Gasteiger partial charge in [0.2, 0.25) is 0 Å². The summed E-state index contributed by atoms with van der Waals surface area (Å²) in [7, 11) is 0. The van der Waals surface area contributed by atoms with Gasteiger partial charge in [0.05, 0.1) is 5.56 Å². The van der Waals surface area contributed by atoms with Crippen molar-refractivity contribution in [2.45, 2.75) is 13.8 Å². The zero-order valence-electron chi connectivity index (χ0n) is 13.2. The number of rotatable bonds is 3. The maximum atomic E-state index is 9.46. The van der Waals surface area contributed by atoms with E-state index in [0.29, 0.717) is 11.4 Å². The Morgan fingerprint density at radius 3 is 2.48 bits per heavy atom. The number of pyridine rings is 1. The third-order valence-corrected chi connectivity index (χ3v) is 3.76. The van der Waals surface area contributed by atoms with Gasteiger partial charge in [-0.3, -0.25) is 0 Å². The van der Waals surface area contributed by atoms with Gasteiger partial charge in [-0.15, -0.1) is 0 Å². The van der Waals surface area contributed by atoms with Crippen LogP contribution in [-0.4, -0.2) is 4.98 Å². The molecule has 0 aliphatic carbocycles. The molecule has 0 fully saturated rings. The summed E-state index contributed by atoms with van der Waals surface area (Å²) in [5.41, 5.74) is 5.78. The molecule has 1 N–H and O–H groups in total. The van der Waals surface area contributed by atoms with Crippen LogP contribution in [0.25, 0.3) is 11.1 Å². The molecule has 112 valence electrons. The third kappa shape index (κ3) is 3.22. The van der Waals surface area contributed by atoms with Gasteiger partial charge in [-0.25, -0.2) is 4.98 Å². The van der Waals surface area contributed by atoms with E-state index in [-0.39, 0.29) is 0 Å². The summed E-state index contributed by atoms with van der Waals surface area (Å²) in [4.78, 5) is 4.46. The summed E-state index contributed by atoms with van der Waals surface area (Å²) >= 11 is 0. The van der Waals surface area contributed by atoms with Gasteiger partial charge in [-0.05, 0) is 42.7 Å². The maximum absolute atomic E-state index is 9.46. The first kappa shape index (κ1) is 14.8. The normalized spacial score (nSPS) is 10.1. The molecule has 1 heterocycles. The number of hydrogen-bond donors (Lipinski definition) is 1. The quantitative estimate of drug-likeness (QED) is 0.742. The second kappa shape index (κ2) is 6.33. The lowest BCUT2D eigenvalue weighted by atomic mass is 10.1. The summed E-state index contributed by atoms with van der Waals surface area (Å²) < 4.78 is 0. The van der Waals surface area contributed by atoms with Gasteiger partial charge in [0, 0.05) is 17.4 Å². The van der Waals surface area contributed by atoms with Crippen LogP contribution < -0.4 is 5.32 Å². The van der Waals surface area contributed by atoms with Crippen molar-refractivity contribution in [3.63, 3.8) is 0 Å². The molecule has 0 bridgehead atoms. The van der Waals surface area contributed by atoms with Crippen LogP contribution in [0, 0.1) is 25.2 Å². The molecule has 0 spiro atoms. The molecule has 0 aliphatic heterocycles. The van der Waals surface area contributed by atoms with Crippen molar-refractivity contribution in [3.8, 4) is 17.2 Å². The summed E-state index contributed by atoms with van der Waals surface area (Å²) in [5, 5.41) is 12.7. The number of aryl methyl sites for hydroxylation is 2. The summed E-state index contributed by atoms with van der Waals surface area (Å²) in [5.74, 6) is 0.584. The van der Waals surface area contributed by atoms with Crippen LogP contribution in [0.15, 0.2) is 60.8 Å². The molecule has 1 aromatic heterocycles. The highest BCUT2D eigenvalue weighted by Crippen LogP contribution is 2.26. The lowest BCUT2D eigenvalue weighted by Gasteiger charge is -2.12. The second-order valence-electron chi connectivity index (χ2n) is 5.54. The second-order valence-corrected chi connectivity index (χ2v) is 5.54. The summed E-state index contributed by atoms with van der Waals surface area (Å²) in [6.45, 7) is 4.08. The molecule has 0 unspecified atom stereocenters. The monoisotopic (exact) mass is 299 g/mol. The van der Waals surface area contributed by atoms with Crippen molar-refractivity contribution < 1.29 is 0 Å². The Labute approximate surface area is 136 Å². The topological polar surface area (TPSA) is 48.7 Å². The van der Waals surface area contributed by atoms with E-state index in [4.69, 9.17) is 0 Å². The first-order valence-corrected chi connectivity index (χ1v) is 7.47. The number of nitriles is 1. The highest BCUT2D eigenvalue weighted by Gasteiger charge is 2.08. The molecular formula is C20H17N3. The Morgan fingerprint density at radius 2 is 1.74 bits per heavy atom. The van der Waals surface area contributed by atoms with Crippen molar-refractivity contribution in [2.75, 3.05) is 5.32 Å². The molecule has 0 aliphatic rings. The van der Waals surface area contributed by atoms with Gasteiger partial charge in [0.25, 0.3) is 0 Å². The van der Waals surface area contributed by atoms with Crippen LogP contribution >= 0.6 is 0 Å². The summed E-state index contributed by atoms with van der Waals surface area (Å²) in [6.07, 6.45) is 1.80. The van der Waals surface area contributed by atoms with Crippen LogP contribution in [0.5, 0.6) is 0 Å². The van der Waals surface area contributed by atoms with Gasteiger partial charge in [-0.2, -0.15) is 5.26 Å². The fraction of sp³-hybridized carbons (Fsp3) is 0.100. The van der Waals surface area contributed by atoms with E-state index in [1.54, 1.807) is 6.20 Å². The minimum atomic E-state index is 0.534. The van der Waals surface area contributed by atoms with E-state index in [1.807, 2.05) is 50.2 Å². The molecule has 0 radical (unpaired) electrons. The van der Waals surface area contributed by atoms with Crippen molar-refractivity contribution in [2.24, 2.45) is 0 Å². The van der Waals surface area contributed by atoms with Crippen molar-refractivity contribution in [1.29, 1.82) is 5.26 Å². The number of hydrogen-bond acceptors (Lipinski definition) is 3. The number of benzene rings is 2. The fourth-order valence-corrected chi connectivity index (χ4v) is 2.44. The van der Waals surface area contributed by atoms with Crippen LogP contribution in [0.4, 0.5) is 11.5 Å². The number of anilines is 2. The molecule has 3 nitrogen and oxygen atoms in total. The van der Waals surface area contributed by atoms with E-state index in [9.17, 15) is 5.26 Å². The minimum Gasteiger partial charge on any atom is -0.339 e. The Bertz CT molecular complexity index is 877. The van der Waals surface area contributed by atoms with E-state index in [0.717, 1.165) is 27.9 Å². The first-order valence-electron chi connectivity index (χ1n) is 7.47. The zero-order valence-corrected chi connectivity index (χ0v) is 13.2. The molecule has 23 heavy (non-hydrogen) atoms. The van der Waals surface area contributed by atoms with Gasteiger partial charge >= 0.3 is 0 Å². The molecule has 0 saturated carbocycles. The fourth-order valence-electron chi connectivity index (χ4n) is 2.44.